The van der Waals surface area contributed by atoms with Crippen LogP contribution in [0.3, 0.4) is 0 Å². The van der Waals surface area contributed by atoms with Gasteiger partial charge in [-0.25, -0.2) is 9.48 Å². The summed E-state index contributed by atoms with van der Waals surface area (Å²) in [5, 5.41) is 17.8. The summed E-state index contributed by atoms with van der Waals surface area (Å²) in [5.41, 5.74) is 0.666. The number of nitrogens with zero attached hydrogens (tertiary/aromatic N) is 2. The van der Waals surface area contributed by atoms with E-state index in [0.717, 1.165) is 10.7 Å². The summed E-state index contributed by atoms with van der Waals surface area (Å²) in [7, 11) is 0. The summed E-state index contributed by atoms with van der Waals surface area (Å²) in [6.07, 6.45) is -4.60. The van der Waals surface area contributed by atoms with Crippen LogP contribution in [-0.2, 0) is 19.3 Å². The Bertz CT molecular complexity index is 955. The van der Waals surface area contributed by atoms with Crippen LogP contribution in [0.1, 0.15) is 17.0 Å². The van der Waals surface area contributed by atoms with E-state index in [9.17, 15) is 18.0 Å². The Morgan fingerprint density at radius 3 is 2.50 bits per heavy atom. The number of alkyl halides is 3. The summed E-state index contributed by atoms with van der Waals surface area (Å²) >= 11 is 0. The molecule has 0 bridgehead atoms. The molecule has 0 radical (unpaired) electrons. The van der Waals surface area contributed by atoms with Gasteiger partial charge in [-0.3, -0.25) is 0 Å². The molecule has 0 saturated heterocycles. The topological polar surface area (TPSA) is 79.2 Å². The molecule has 0 spiro atoms. The van der Waals surface area contributed by atoms with Crippen molar-refractivity contribution in [3.63, 3.8) is 0 Å². The molecular weight excluding hydrogens is 373 g/mol. The fourth-order valence-corrected chi connectivity index (χ4v) is 2.57. The van der Waals surface area contributed by atoms with E-state index in [1.807, 2.05) is 0 Å². The zero-order valence-corrected chi connectivity index (χ0v) is 14.6. The number of urea groups is 1. The van der Waals surface area contributed by atoms with E-state index in [4.69, 9.17) is 5.11 Å². The predicted octanol–water partition coefficient (Wildman–Crippen LogP) is 3.71. The van der Waals surface area contributed by atoms with Crippen molar-refractivity contribution in [1.82, 2.24) is 15.1 Å². The van der Waals surface area contributed by atoms with Crippen molar-refractivity contribution in [3.05, 3.63) is 77.6 Å². The Morgan fingerprint density at radius 2 is 1.82 bits per heavy atom. The van der Waals surface area contributed by atoms with E-state index in [1.54, 1.807) is 54.6 Å². The lowest BCUT2D eigenvalue weighted by Gasteiger charge is -2.10. The Labute approximate surface area is 158 Å². The number of benzene rings is 2. The number of carbonyl (C=O) groups is 1. The van der Waals surface area contributed by atoms with Gasteiger partial charge in [0.15, 0.2) is 5.69 Å². The SMILES string of the molecule is O=C(NCc1cc(C(F)(F)F)nn1-c1ccccc1)Nc1cccc(CO)c1. The number of aliphatic hydroxyl groups is 1. The van der Waals surface area contributed by atoms with Crippen molar-refractivity contribution >= 4 is 11.7 Å². The first-order valence-corrected chi connectivity index (χ1v) is 8.33. The first-order valence-electron chi connectivity index (χ1n) is 8.33. The third-order valence-corrected chi connectivity index (χ3v) is 3.87. The minimum absolute atomic E-state index is 0.163. The van der Waals surface area contributed by atoms with E-state index in [-0.39, 0.29) is 18.8 Å². The molecule has 1 aromatic heterocycles. The van der Waals surface area contributed by atoms with E-state index in [2.05, 4.69) is 15.7 Å². The van der Waals surface area contributed by atoms with Crippen molar-refractivity contribution in [3.8, 4) is 5.69 Å². The minimum Gasteiger partial charge on any atom is -0.392 e. The van der Waals surface area contributed by atoms with Gasteiger partial charge >= 0.3 is 12.2 Å². The Hall–Kier alpha value is -3.33. The third-order valence-electron chi connectivity index (χ3n) is 3.87. The Kier molecular flexibility index (Phi) is 5.65. The number of carbonyl (C=O) groups excluding carboxylic acids is 1. The number of anilines is 1. The molecule has 28 heavy (non-hydrogen) atoms. The van der Waals surface area contributed by atoms with Crippen LogP contribution in [-0.4, -0.2) is 20.9 Å². The highest BCUT2D eigenvalue weighted by Crippen LogP contribution is 2.29. The molecule has 0 unspecified atom stereocenters. The maximum atomic E-state index is 13.1. The minimum atomic E-state index is -4.60. The zero-order valence-electron chi connectivity index (χ0n) is 14.6. The average molecular weight is 390 g/mol. The van der Waals surface area contributed by atoms with Crippen LogP contribution in [0.2, 0.25) is 0 Å². The highest BCUT2D eigenvalue weighted by atomic mass is 19.4. The van der Waals surface area contributed by atoms with Gasteiger partial charge in [-0.15, -0.1) is 0 Å². The summed E-state index contributed by atoms with van der Waals surface area (Å²) in [5.74, 6) is 0. The van der Waals surface area contributed by atoms with Crippen molar-refractivity contribution < 1.29 is 23.1 Å². The van der Waals surface area contributed by atoms with Crippen LogP contribution in [0, 0.1) is 0 Å². The lowest BCUT2D eigenvalue weighted by Crippen LogP contribution is -2.29. The maximum absolute atomic E-state index is 13.1. The van der Waals surface area contributed by atoms with Crippen LogP contribution in [0.4, 0.5) is 23.7 Å². The highest BCUT2D eigenvalue weighted by Gasteiger charge is 2.35. The Balaban J connectivity index is 1.75. The molecule has 0 saturated carbocycles. The number of hydrogen-bond acceptors (Lipinski definition) is 3. The van der Waals surface area contributed by atoms with Gasteiger partial charge in [0.1, 0.15) is 0 Å². The lowest BCUT2D eigenvalue weighted by molar-refractivity contribution is -0.141. The molecule has 146 valence electrons. The number of aromatic nitrogens is 2. The van der Waals surface area contributed by atoms with Crippen molar-refractivity contribution in [2.45, 2.75) is 19.3 Å². The van der Waals surface area contributed by atoms with E-state index < -0.39 is 17.9 Å². The fourth-order valence-electron chi connectivity index (χ4n) is 2.57. The van der Waals surface area contributed by atoms with Crippen LogP contribution >= 0.6 is 0 Å². The highest BCUT2D eigenvalue weighted by molar-refractivity contribution is 5.89. The smallest absolute Gasteiger partial charge is 0.392 e. The molecule has 3 rings (SSSR count). The number of nitrogens with one attached hydrogen (secondary N) is 2. The first kappa shape index (κ1) is 19.4. The van der Waals surface area contributed by atoms with Gasteiger partial charge < -0.3 is 15.7 Å². The van der Waals surface area contributed by atoms with Crippen LogP contribution < -0.4 is 10.6 Å². The monoisotopic (exact) mass is 390 g/mol. The first-order chi connectivity index (χ1) is 13.4. The van der Waals surface area contributed by atoms with Crippen molar-refractivity contribution in [1.29, 1.82) is 0 Å². The zero-order chi connectivity index (χ0) is 20.1. The number of rotatable bonds is 5. The molecule has 3 N–H and O–H groups in total. The lowest BCUT2D eigenvalue weighted by atomic mass is 10.2. The van der Waals surface area contributed by atoms with Crippen LogP contribution in [0.5, 0.6) is 0 Å². The molecular formula is C19H17F3N4O2. The van der Waals surface area contributed by atoms with Crippen molar-refractivity contribution in [2.24, 2.45) is 0 Å². The quantitative estimate of drug-likeness (QED) is 0.622. The van der Waals surface area contributed by atoms with Gasteiger partial charge in [0, 0.05) is 5.69 Å². The van der Waals surface area contributed by atoms with Gasteiger partial charge in [-0.05, 0) is 35.9 Å². The van der Waals surface area contributed by atoms with Gasteiger partial charge in [-0.2, -0.15) is 18.3 Å². The number of halogens is 3. The normalized spacial score (nSPS) is 11.3. The molecule has 0 fully saturated rings. The molecule has 2 aromatic carbocycles. The largest absolute Gasteiger partial charge is 0.435 e. The average Bonchev–Trinajstić information content (AvgIpc) is 3.12. The molecule has 3 aromatic rings. The molecule has 0 atom stereocenters. The third kappa shape index (κ3) is 4.68. The standard InChI is InChI=1S/C19H17F3N4O2/c20-19(21,22)17-10-16(26(25-17)15-7-2-1-3-8-15)11-23-18(28)24-14-6-4-5-13(9-14)12-27/h1-10,27H,11-12H2,(H2,23,24,28). The molecule has 0 aliphatic carbocycles. The van der Waals surface area contributed by atoms with E-state index in [1.165, 1.54) is 0 Å². The molecule has 0 aliphatic rings. The molecule has 6 nitrogen and oxygen atoms in total. The number of aliphatic hydroxyl groups excluding tert-OH is 1. The number of para-hydroxylation sites is 1. The number of amides is 2. The van der Waals surface area contributed by atoms with Crippen LogP contribution in [0.15, 0.2) is 60.7 Å². The van der Waals surface area contributed by atoms with Gasteiger partial charge in [0.2, 0.25) is 0 Å². The summed E-state index contributed by atoms with van der Waals surface area (Å²) in [6, 6.07) is 15.2. The fraction of sp³-hybridized carbons (Fsp3) is 0.158. The van der Waals surface area contributed by atoms with Gasteiger partial charge in [0.25, 0.3) is 0 Å². The van der Waals surface area contributed by atoms with Crippen LogP contribution in [0.25, 0.3) is 5.69 Å². The molecule has 2 amide bonds. The second-order valence-electron chi connectivity index (χ2n) is 5.93. The summed E-state index contributed by atoms with van der Waals surface area (Å²) in [6.45, 7) is -0.336. The summed E-state index contributed by atoms with van der Waals surface area (Å²) < 4.78 is 40.3. The van der Waals surface area contributed by atoms with E-state index >= 15 is 0 Å². The summed E-state index contributed by atoms with van der Waals surface area (Å²) in [4.78, 5) is 12.1. The molecule has 1 heterocycles. The van der Waals surface area contributed by atoms with Crippen molar-refractivity contribution in [2.75, 3.05) is 5.32 Å². The second-order valence-corrected chi connectivity index (χ2v) is 5.93. The maximum Gasteiger partial charge on any atom is 0.435 e. The Morgan fingerprint density at radius 1 is 1.07 bits per heavy atom. The van der Waals surface area contributed by atoms with Gasteiger partial charge in [0.05, 0.1) is 24.5 Å². The second kappa shape index (κ2) is 8.13. The number of hydrogen-bond donors (Lipinski definition) is 3. The van der Waals surface area contributed by atoms with Gasteiger partial charge in [-0.1, -0.05) is 30.3 Å². The predicted molar refractivity (Wildman–Crippen MR) is 96.8 cm³/mol. The molecule has 9 heteroatoms. The van der Waals surface area contributed by atoms with E-state index in [0.29, 0.717) is 16.9 Å². The molecule has 0 aliphatic heterocycles.